The molecule has 3 aromatic rings. The van der Waals surface area contributed by atoms with E-state index in [0.29, 0.717) is 32.4 Å². The lowest BCUT2D eigenvalue weighted by Gasteiger charge is -2.19. The number of hydrogen-bond donors (Lipinski definition) is 0. The Balaban J connectivity index is 1.47. The summed E-state index contributed by atoms with van der Waals surface area (Å²) in [6, 6.07) is 8.77. The number of thioether (sulfide) groups is 1. The number of halogens is 2. The molecule has 3 heterocycles. The van der Waals surface area contributed by atoms with Gasteiger partial charge in [0.05, 0.1) is 21.9 Å². The van der Waals surface area contributed by atoms with E-state index in [0.717, 1.165) is 5.76 Å². The third-order valence-electron chi connectivity index (χ3n) is 4.10. The van der Waals surface area contributed by atoms with Gasteiger partial charge in [-0.3, -0.25) is 9.69 Å². The fraction of sp³-hybridized carbons (Fsp3) is 0.278. The normalized spacial score (nSPS) is 19.4. The number of amides is 1. The van der Waals surface area contributed by atoms with Gasteiger partial charge in [0, 0.05) is 11.4 Å². The summed E-state index contributed by atoms with van der Waals surface area (Å²) in [4.78, 5) is 14.4. The molecular formula is C18H15Cl2N3O3S2. The zero-order chi connectivity index (χ0) is 19.7. The lowest BCUT2D eigenvalue weighted by Crippen LogP contribution is -2.35. The highest BCUT2D eigenvalue weighted by atomic mass is 35.5. The summed E-state index contributed by atoms with van der Waals surface area (Å²) >= 11 is 14.9. The SMILES string of the molecule is CC1SC(Cc2ccco2)N(c2nnc(COc3ccc(Cl)cc3Cl)s2)C1=O. The minimum absolute atomic E-state index is 0.0194. The molecule has 28 heavy (non-hydrogen) atoms. The molecular weight excluding hydrogens is 441 g/mol. The molecule has 2 atom stereocenters. The first-order chi connectivity index (χ1) is 13.5. The molecule has 1 fully saturated rings. The summed E-state index contributed by atoms with van der Waals surface area (Å²) in [5.41, 5.74) is 0. The van der Waals surface area contributed by atoms with Crippen LogP contribution in [0.4, 0.5) is 5.13 Å². The maximum atomic E-state index is 12.7. The highest BCUT2D eigenvalue weighted by molar-refractivity contribution is 8.01. The van der Waals surface area contributed by atoms with Crippen molar-refractivity contribution in [2.45, 2.75) is 30.6 Å². The molecule has 2 aromatic heterocycles. The van der Waals surface area contributed by atoms with Crippen LogP contribution < -0.4 is 9.64 Å². The molecule has 4 rings (SSSR count). The van der Waals surface area contributed by atoms with E-state index in [1.165, 1.54) is 11.3 Å². The standard InChI is InChI=1S/C18H15Cl2N3O3S2/c1-10-17(24)23(16(27-10)8-12-3-2-6-25-12)18-22-21-15(28-18)9-26-14-5-4-11(19)7-13(14)20/h2-7,10,16H,8-9H2,1H3. The molecule has 1 aliphatic rings. The molecule has 0 bridgehead atoms. The number of anilines is 1. The van der Waals surface area contributed by atoms with Gasteiger partial charge in [0.25, 0.3) is 0 Å². The van der Waals surface area contributed by atoms with Crippen LogP contribution in [0.2, 0.25) is 10.0 Å². The molecule has 0 N–H and O–H groups in total. The molecule has 1 aromatic carbocycles. The van der Waals surface area contributed by atoms with E-state index >= 15 is 0 Å². The maximum Gasteiger partial charge on any atom is 0.242 e. The fourth-order valence-corrected chi connectivity index (χ4v) is 5.41. The first-order valence-electron chi connectivity index (χ1n) is 8.42. The van der Waals surface area contributed by atoms with Crippen molar-refractivity contribution < 1.29 is 13.9 Å². The Morgan fingerprint density at radius 2 is 2.14 bits per heavy atom. The van der Waals surface area contributed by atoms with Crippen LogP contribution >= 0.6 is 46.3 Å². The number of ether oxygens (including phenoxy) is 1. The third-order valence-corrected chi connectivity index (χ3v) is 6.83. The minimum Gasteiger partial charge on any atom is -0.485 e. The minimum atomic E-state index is -0.142. The Bertz CT molecular complexity index is 980. The topological polar surface area (TPSA) is 68.5 Å². The molecule has 1 aliphatic heterocycles. The summed E-state index contributed by atoms with van der Waals surface area (Å²) < 4.78 is 11.1. The molecule has 0 saturated carbocycles. The molecule has 0 radical (unpaired) electrons. The zero-order valence-electron chi connectivity index (χ0n) is 14.7. The van der Waals surface area contributed by atoms with E-state index in [4.69, 9.17) is 32.4 Å². The van der Waals surface area contributed by atoms with Crippen LogP contribution in [0.1, 0.15) is 17.7 Å². The number of nitrogens with zero attached hydrogens (tertiary/aromatic N) is 3. The molecule has 1 saturated heterocycles. The van der Waals surface area contributed by atoms with Crippen molar-refractivity contribution in [3.8, 4) is 5.75 Å². The van der Waals surface area contributed by atoms with Crippen molar-refractivity contribution in [1.29, 1.82) is 0 Å². The lowest BCUT2D eigenvalue weighted by atomic mass is 10.3. The second-order valence-electron chi connectivity index (χ2n) is 6.07. The maximum absolute atomic E-state index is 12.7. The number of carbonyl (C=O) groups is 1. The number of benzene rings is 1. The monoisotopic (exact) mass is 455 g/mol. The van der Waals surface area contributed by atoms with Crippen LogP contribution in [0.5, 0.6) is 5.75 Å². The van der Waals surface area contributed by atoms with Gasteiger partial charge in [0.1, 0.15) is 18.1 Å². The highest BCUT2D eigenvalue weighted by Gasteiger charge is 2.40. The average molecular weight is 456 g/mol. The van der Waals surface area contributed by atoms with Gasteiger partial charge in [-0.15, -0.1) is 22.0 Å². The van der Waals surface area contributed by atoms with Gasteiger partial charge >= 0.3 is 0 Å². The Morgan fingerprint density at radius 3 is 2.89 bits per heavy atom. The van der Waals surface area contributed by atoms with Crippen molar-refractivity contribution in [1.82, 2.24) is 10.2 Å². The van der Waals surface area contributed by atoms with Crippen molar-refractivity contribution in [3.05, 3.63) is 57.4 Å². The summed E-state index contributed by atoms with van der Waals surface area (Å²) in [6.45, 7) is 2.10. The number of furan rings is 1. The van der Waals surface area contributed by atoms with E-state index in [2.05, 4.69) is 10.2 Å². The molecule has 10 heteroatoms. The molecule has 1 amide bonds. The first kappa shape index (κ1) is 19.6. The molecule has 0 spiro atoms. The van der Waals surface area contributed by atoms with Crippen LogP contribution in [-0.2, 0) is 17.8 Å². The van der Waals surface area contributed by atoms with Crippen molar-refractivity contribution >= 4 is 57.3 Å². The molecule has 6 nitrogen and oxygen atoms in total. The largest absolute Gasteiger partial charge is 0.485 e. The van der Waals surface area contributed by atoms with Gasteiger partial charge in [0.2, 0.25) is 11.0 Å². The number of rotatable bonds is 6. The van der Waals surface area contributed by atoms with Crippen LogP contribution in [0.3, 0.4) is 0 Å². The third kappa shape index (κ3) is 4.15. The molecule has 146 valence electrons. The van der Waals surface area contributed by atoms with Gasteiger partial charge < -0.3 is 9.15 Å². The molecule has 0 aliphatic carbocycles. The van der Waals surface area contributed by atoms with E-state index in [1.807, 2.05) is 19.1 Å². The van der Waals surface area contributed by atoms with Crippen LogP contribution in [0.25, 0.3) is 0 Å². The summed E-state index contributed by atoms with van der Waals surface area (Å²) in [5, 5.41) is 10.3. The van der Waals surface area contributed by atoms with E-state index in [1.54, 1.807) is 41.1 Å². The zero-order valence-corrected chi connectivity index (χ0v) is 17.8. The summed E-state index contributed by atoms with van der Waals surface area (Å²) in [6.07, 6.45) is 2.24. The lowest BCUT2D eigenvalue weighted by molar-refractivity contribution is -0.117. The fourth-order valence-electron chi connectivity index (χ4n) is 2.78. The predicted octanol–water partition coefficient (Wildman–Crippen LogP) is 5.05. The second kappa shape index (κ2) is 8.32. The van der Waals surface area contributed by atoms with Crippen molar-refractivity contribution in [2.75, 3.05) is 4.90 Å². The first-order valence-corrected chi connectivity index (χ1v) is 10.9. The van der Waals surface area contributed by atoms with Gasteiger partial charge in [-0.1, -0.05) is 34.5 Å². The van der Waals surface area contributed by atoms with Crippen LogP contribution in [0, 0.1) is 0 Å². The Kier molecular flexibility index (Phi) is 5.82. The van der Waals surface area contributed by atoms with Gasteiger partial charge in [-0.05, 0) is 37.3 Å². The number of aromatic nitrogens is 2. The molecule has 2 unspecified atom stereocenters. The predicted molar refractivity (Wildman–Crippen MR) is 111 cm³/mol. The smallest absolute Gasteiger partial charge is 0.242 e. The van der Waals surface area contributed by atoms with E-state index in [-0.39, 0.29) is 23.1 Å². The van der Waals surface area contributed by atoms with Gasteiger partial charge in [-0.25, -0.2) is 0 Å². The van der Waals surface area contributed by atoms with E-state index in [9.17, 15) is 4.79 Å². The quantitative estimate of drug-likeness (QED) is 0.517. The van der Waals surface area contributed by atoms with Gasteiger partial charge in [-0.2, -0.15) is 0 Å². The summed E-state index contributed by atoms with van der Waals surface area (Å²) in [5.74, 6) is 1.36. The van der Waals surface area contributed by atoms with Crippen LogP contribution in [-0.4, -0.2) is 26.7 Å². The van der Waals surface area contributed by atoms with Crippen molar-refractivity contribution in [3.63, 3.8) is 0 Å². The van der Waals surface area contributed by atoms with Gasteiger partial charge in [0.15, 0.2) is 5.01 Å². The summed E-state index contributed by atoms with van der Waals surface area (Å²) in [7, 11) is 0. The Morgan fingerprint density at radius 1 is 1.29 bits per heavy atom. The second-order valence-corrected chi connectivity index (χ2v) is 9.47. The Hall–Kier alpha value is -1.74. The van der Waals surface area contributed by atoms with E-state index < -0.39 is 0 Å². The number of hydrogen-bond acceptors (Lipinski definition) is 7. The van der Waals surface area contributed by atoms with Crippen LogP contribution in [0.15, 0.2) is 41.0 Å². The highest BCUT2D eigenvalue weighted by Crippen LogP contribution is 2.38. The average Bonchev–Trinajstić information content (AvgIpc) is 3.38. The Labute approximate surface area is 179 Å². The number of carbonyl (C=O) groups excluding carboxylic acids is 1. The van der Waals surface area contributed by atoms with Crippen molar-refractivity contribution in [2.24, 2.45) is 0 Å².